The summed E-state index contributed by atoms with van der Waals surface area (Å²) in [6.07, 6.45) is 2.78. The zero-order chi connectivity index (χ0) is 15.9. The van der Waals surface area contributed by atoms with Gasteiger partial charge in [-0.05, 0) is 42.7 Å². The van der Waals surface area contributed by atoms with E-state index in [9.17, 15) is 9.59 Å². The fourth-order valence-electron chi connectivity index (χ4n) is 1.92. The number of carbonyl (C=O) groups excluding carboxylic acids is 2. The van der Waals surface area contributed by atoms with Crippen molar-refractivity contribution in [2.24, 2.45) is 5.92 Å². The Labute approximate surface area is 129 Å². The quantitative estimate of drug-likeness (QED) is 0.849. The van der Waals surface area contributed by atoms with Gasteiger partial charge in [0, 0.05) is 17.8 Å². The van der Waals surface area contributed by atoms with Gasteiger partial charge in [-0.2, -0.15) is 0 Å². The largest absolute Gasteiger partial charge is 0.459 e. The van der Waals surface area contributed by atoms with E-state index in [4.69, 9.17) is 4.42 Å². The molecule has 22 heavy (non-hydrogen) atoms. The van der Waals surface area contributed by atoms with Crippen LogP contribution >= 0.6 is 0 Å². The van der Waals surface area contributed by atoms with Crippen molar-refractivity contribution in [3.63, 3.8) is 0 Å². The predicted octanol–water partition coefficient (Wildman–Crippen LogP) is 3.91. The van der Waals surface area contributed by atoms with Crippen molar-refractivity contribution in [3.8, 4) is 0 Å². The molecular weight excluding hydrogens is 280 g/mol. The van der Waals surface area contributed by atoms with E-state index in [0.29, 0.717) is 23.7 Å². The van der Waals surface area contributed by atoms with Gasteiger partial charge in [-0.1, -0.05) is 19.9 Å². The fraction of sp³-hybridized carbons (Fsp3) is 0.294. The van der Waals surface area contributed by atoms with Crippen LogP contribution in [0.1, 0.15) is 37.2 Å². The molecule has 1 heterocycles. The molecule has 5 heteroatoms. The lowest BCUT2D eigenvalue weighted by molar-refractivity contribution is -0.116. The lowest BCUT2D eigenvalue weighted by Gasteiger charge is -2.09. The Morgan fingerprint density at radius 2 is 1.82 bits per heavy atom. The monoisotopic (exact) mass is 300 g/mol. The third-order valence-corrected chi connectivity index (χ3v) is 3.10. The van der Waals surface area contributed by atoms with E-state index in [1.54, 1.807) is 36.4 Å². The van der Waals surface area contributed by atoms with E-state index in [1.165, 1.54) is 6.26 Å². The van der Waals surface area contributed by atoms with Crippen LogP contribution in [0.5, 0.6) is 0 Å². The van der Waals surface area contributed by atoms with Crippen LogP contribution in [0.4, 0.5) is 11.4 Å². The SMILES string of the molecule is CC(C)CCC(=O)Nc1cccc(NC(=O)c2ccco2)c1. The summed E-state index contributed by atoms with van der Waals surface area (Å²) < 4.78 is 5.03. The molecular formula is C17H20N2O3. The summed E-state index contributed by atoms with van der Waals surface area (Å²) in [5, 5.41) is 5.56. The molecule has 0 saturated carbocycles. The number of nitrogens with one attached hydrogen (secondary N) is 2. The number of anilines is 2. The van der Waals surface area contributed by atoms with Gasteiger partial charge < -0.3 is 15.1 Å². The number of hydrogen-bond donors (Lipinski definition) is 2. The van der Waals surface area contributed by atoms with Gasteiger partial charge in [-0.3, -0.25) is 9.59 Å². The van der Waals surface area contributed by atoms with Crippen molar-refractivity contribution < 1.29 is 14.0 Å². The second-order valence-electron chi connectivity index (χ2n) is 5.49. The molecule has 2 rings (SSSR count). The molecule has 0 atom stereocenters. The molecule has 5 nitrogen and oxygen atoms in total. The smallest absolute Gasteiger partial charge is 0.291 e. The van der Waals surface area contributed by atoms with Crippen LogP contribution < -0.4 is 10.6 Å². The van der Waals surface area contributed by atoms with Crippen LogP contribution in [0.3, 0.4) is 0 Å². The van der Waals surface area contributed by atoms with Crippen LogP contribution in [0.25, 0.3) is 0 Å². The first kappa shape index (κ1) is 15.8. The topological polar surface area (TPSA) is 71.3 Å². The number of furan rings is 1. The molecule has 0 aliphatic rings. The van der Waals surface area contributed by atoms with Crippen molar-refractivity contribution in [1.82, 2.24) is 0 Å². The first-order chi connectivity index (χ1) is 10.5. The number of benzene rings is 1. The second-order valence-corrected chi connectivity index (χ2v) is 5.49. The summed E-state index contributed by atoms with van der Waals surface area (Å²) in [4.78, 5) is 23.7. The summed E-state index contributed by atoms with van der Waals surface area (Å²) in [6.45, 7) is 4.16. The normalized spacial score (nSPS) is 10.5. The van der Waals surface area contributed by atoms with Gasteiger partial charge in [0.15, 0.2) is 5.76 Å². The molecule has 0 aliphatic carbocycles. The third-order valence-electron chi connectivity index (χ3n) is 3.10. The van der Waals surface area contributed by atoms with E-state index in [2.05, 4.69) is 24.5 Å². The van der Waals surface area contributed by atoms with Crippen molar-refractivity contribution in [1.29, 1.82) is 0 Å². The Morgan fingerprint density at radius 3 is 2.45 bits per heavy atom. The average Bonchev–Trinajstić information content (AvgIpc) is 3.00. The van der Waals surface area contributed by atoms with Crippen LogP contribution in [0.2, 0.25) is 0 Å². The second kappa shape index (κ2) is 7.45. The van der Waals surface area contributed by atoms with Crippen LogP contribution in [0, 0.1) is 5.92 Å². The molecule has 2 aromatic rings. The van der Waals surface area contributed by atoms with Gasteiger partial charge in [-0.15, -0.1) is 0 Å². The fourth-order valence-corrected chi connectivity index (χ4v) is 1.92. The minimum Gasteiger partial charge on any atom is -0.459 e. The molecule has 1 aromatic carbocycles. The molecule has 0 aliphatic heterocycles. The highest BCUT2D eigenvalue weighted by atomic mass is 16.3. The minimum atomic E-state index is -0.326. The molecule has 2 amide bonds. The Morgan fingerprint density at radius 1 is 1.09 bits per heavy atom. The molecule has 0 unspecified atom stereocenters. The molecule has 0 spiro atoms. The zero-order valence-corrected chi connectivity index (χ0v) is 12.8. The van der Waals surface area contributed by atoms with Gasteiger partial charge in [0.1, 0.15) is 0 Å². The molecule has 0 saturated heterocycles. The zero-order valence-electron chi connectivity index (χ0n) is 12.8. The van der Waals surface area contributed by atoms with Crippen LogP contribution in [-0.2, 0) is 4.79 Å². The summed E-state index contributed by atoms with van der Waals surface area (Å²) >= 11 is 0. The number of carbonyl (C=O) groups is 2. The van der Waals surface area contributed by atoms with Gasteiger partial charge >= 0.3 is 0 Å². The lowest BCUT2D eigenvalue weighted by Crippen LogP contribution is -2.13. The first-order valence-corrected chi connectivity index (χ1v) is 7.29. The van der Waals surface area contributed by atoms with Gasteiger partial charge in [-0.25, -0.2) is 0 Å². The van der Waals surface area contributed by atoms with E-state index in [-0.39, 0.29) is 17.6 Å². The Hall–Kier alpha value is -2.56. The maximum atomic E-state index is 11.9. The Balaban J connectivity index is 1.95. The van der Waals surface area contributed by atoms with Crippen molar-refractivity contribution in [2.75, 3.05) is 10.6 Å². The van der Waals surface area contributed by atoms with Gasteiger partial charge in [0.05, 0.1) is 6.26 Å². The third kappa shape index (κ3) is 4.77. The Bertz CT molecular complexity index is 633. The summed E-state index contributed by atoms with van der Waals surface area (Å²) in [5.74, 6) is 0.382. The first-order valence-electron chi connectivity index (χ1n) is 7.29. The number of rotatable bonds is 6. The van der Waals surface area contributed by atoms with Crippen LogP contribution in [0.15, 0.2) is 47.1 Å². The summed E-state index contributed by atoms with van der Waals surface area (Å²) in [7, 11) is 0. The minimum absolute atomic E-state index is 0.0248. The average molecular weight is 300 g/mol. The number of hydrogen-bond acceptors (Lipinski definition) is 3. The maximum absolute atomic E-state index is 11.9. The van der Waals surface area contributed by atoms with E-state index in [0.717, 1.165) is 6.42 Å². The molecule has 2 N–H and O–H groups in total. The van der Waals surface area contributed by atoms with Gasteiger partial charge in [0.25, 0.3) is 5.91 Å². The summed E-state index contributed by atoms with van der Waals surface area (Å²) in [5.41, 5.74) is 1.26. The molecule has 116 valence electrons. The van der Waals surface area contributed by atoms with E-state index >= 15 is 0 Å². The molecule has 0 fully saturated rings. The van der Waals surface area contributed by atoms with Crippen molar-refractivity contribution >= 4 is 23.2 Å². The molecule has 0 radical (unpaired) electrons. The highest BCUT2D eigenvalue weighted by molar-refractivity contribution is 6.02. The standard InChI is InChI=1S/C17H20N2O3/c1-12(2)8-9-16(20)18-13-5-3-6-14(11-13)19-17(21)15-7-4-10-22-15/h3-7,10-12H,8-9H2,1-2H3,(H,18,20)(H,19,21). The van der Waals surface area contributed by atoms with E-state index in [1.807, 2.05) is 0 Å². The Kier molecular flexibility index (Phi) is 5.36. The van der Waals surface area contributed by atoms with Crippen LogP contribution in [-0.4, -0.2) is 11.8 Å². The van der Waals surface area contributed by atoms with Crippen molar-refractivity contribution in [2.45, 2.75) is 26.7 Å². The van der Waals surface area contributed by atoms with E-state index < -0.39 is 0 Å². The number of amides is 2. The highest BCUT2D eigenvalue weighted by Gasteiger charge is 2.09. The predicted molar refractivity (Wildman–Crippen MR) is 85.8 cm³/mol. The maximum Gasteiger partial charge on any atom is 0.291 e. The van der Waals surface area contributed by atoms with Gasteiger partial charge in [0.2, 0.25) is 5.91 Å². The molecule has 1 aromatic heterocycles. The molecule has 0 bridgehead atoms. The highest BCUT2D eigenvalue weighted by Crippen LogP contribution is 2.17. The van der Waals surface area contributed by atoms with Crippen molar-refractivity contribution in [3.05, 3.63) is 48.4 Å². The lowest BCUT2D eigenvalue weighted by atomic mass is 10.1. The summed E-state index contributed by atoms with van der Waals surface area (Å²) in [6, 6.07) is 10.3.